The first kappa shape index (κ1) is 39.9. The lowest BCUT2D eigenvalue weighted by Crippen LogP contribution is -2.76. The maximum absolute atomic E-state index is 15.2. The van der Waals surface area contributed by atoms with Crippen molar-refractivity contribution < 1.29 is 74.3 Å². The van der Waals surface area contributed by atoms with Crippen LogP contribution in [0, 0.1) is 47.3 Å². The minimum atomic E-state index is -4.95. The van der Waals surface area contributed by atoms with Crippen LogP contribution in [-0.4, -0.2) is 97.5 Å². The lowest BCUT2D eigenvalue weighted by molar-refractivity contribution is -0.599. The number of nitrogens with zero attached hydrogens (tertiary/aromatic N) is 1. The van der Waals surface area contributed by atoms with E-state index in [1.165, 1.54) is 13.8 Å². The van der Waals surface area contributed by atoms with Crippen LogP contribution in [0.1, 0.15) is 92.9 Å². The highest BCUT2D eigenvalue weighted by Crippen LogP contribution is 2.66. The predicted molar refractivity (Wildman–Crippen MR) is 173 cm³/mol. The summed E-state index contributed by atoms with van der Waals surface area (Å²) in [5.41, 5.74) is -2.44. The molecule has 54 heavy (non-hydrogen) atoms. The SMILES string of the molecule is C[C@@H]1CC[C@H]2[C@@H](C)[C@](OCCN(C)CCO[C@@]3(C(F)(F)F)O[C@@H]4O[C@]5(C)CC[C@H]6[C@H](C)CC[C@@H]([C@H]3C)[C@@]46OO5)(C(F)(F)F)O[C@@H]3O[C@]4(C)CC[C@@H]1[C@]32OO4. The fourth-order valence-corrected chi connectivity index (χ4v) is 11.8. The van der Waals surface area contributed by atoms with Gasteiger partial charge in [-0.15, -0.1) is 0 Å². The molecule has 16 atom stereocenters. The van der Waals surface area contributed by atoms with Gasteiger partial charge in [-0.3, -0.25) is 0 Å². The Hall–Kier alpha value is -0.860. The van der Waals surface area contributed by atoms with E-state index in [4.69, 9.17) is 48.0 Å². The van der Waals surface area contributed by atoms with E-state index in [2.05, 4.69) is 13.8 Å². The first-order chi connectivity index (χ1) is 25.2. The molecule has 10 aliphatic rings. The first-order valence-electron chi connectivity index (χ1n) is 19.7. The number of ether oxygens (including phenoxy) is 6. The minimum Gasteiger partial charge on any atom is -0.341 e. The number of halogens is 6. The smallest absolute Gasteiger partial charge is 0.341 e. The second-order valence-corrected chi connectivity index (χ2v) is 18.0. The summed E-state index contributed by atoms with van der Waals surface area (Å²) in [5.74, 6) is -12.2. The maximum atomic E-state index is 15.2. The number of hydrogen-bond acceptors (Lipinski definition) is 11. The number of rotatable bonds is 8. The molecular formula is C37H55F6NO10. The molecule has 0 unspecified atom stereocenters. The monoisotopic (exact) mass is 787 g/mol. The van der Waals surface area contributed by atoms with Crippen LogP contribution in [-0.2, 0) is 48.0 Å². The average Bonchev–Trinajstić information content (AvgIpc) is 3.46. The molecule has 17 heteroatoms. The maximum Gasteiger partial charge on any atom is 0.443 e. The van der Waals surface area contributed by atoms with E-state index in [0.717, 1.165) is 0 Å². The third-order valence-corrected chi connectivity index (χ3v) is 14.9. The van der Waals surface area contributed by atoms with Gasteiger partial charge in [0.1, 0.15) is 0 Å². The quantitative estimate of drug-likeness (QED) is 0.184. The summed E-state index contributed by atoms with van der Waals surface area (Å²) in [4.78, 5) is 25.1. The standard InChI is InChI=1S/C37H55F6NO10/c1-20-8-10-26-22(3)34(36(38,39)40,49-28-32(26)24(20)12-14-30(5,47-28)51-53-32)45-18-16-44(7)17-19-46-35(37(41,42)43)23(4)27-11-9-21(2)25-13-15-31(6)48-29(50-35)33(25,27)54-52-31/h20-29H,8-19H2,1-7H3/t20-,21-,22-,23-,24+,25+,26+,27+,28+,29+,30+,31+,32-,33-,34-,35-/m1/s1. The first-order valence-corrected chi connectivity index (χ1v) is 19.7. The molecule has 2 spiro atoms. The Morgan fingerprint density at radius 3 is 1.31 bits per heavy atom. The molecule has 8 saturated heterocycles. The van der Waals surface area contributed by atoms with Crippen LogP contribution in [0.2, 0.25) is 0 Å². The summed E-state index contributed by atoms with van der Waals surface area (Å²) in [6, 6.07) is 0. The van der Waals surface area contributed by atoms with E-state index in [1.54, 1.807) is 25.8 Å². The molecule has 10 fully saturated rings. The van der Waals surface area contributed by atoms with E-state index in [1.807, 2.05) is 0 Å². The molecule has 0 aromatic rings. The van der Waals surface area contributed by atoms with Crippen molar-refractivity contribution in [2.24, 2.45) is 47.3 Å². The molecule has 4 bridgehead atoms. The largest absolute Gasteiger partial charge is 0.443 e. The van der Waals surface area contributed by atoms with Crippen molar-refractivity contribution >= 4 is 0 Å². The zero-order chi connectivity index (χ0) is 38.9. The summed E-state index contributed by atoms with van der Waals surface area (Å²) in [6.07, 6.45) is -8.18. The number of fused-ring (bicyclic) bond motifs is 4. The zero-order valence-electron chi connectivity index (χ0n) is 32.1. The Morgan fingerprint density at radius 2 is 0.944 bits per heavy atom. The van der Waals surface area contributed by atoms with Gasteiger partial charge in [-0.05, 0) is 83.1 Å². The fraction of sp³-hybridized carbons (Fsp3) is 1.00. The van der Waals surface area contributed by atoms with Gasteiger partial charge < -0.3 is 33.3 Å². The number of hydrogen-bond donors (Lipinski definition) is 0. The second kappa shape index (κ2) is 13.1. The molecule has 0 radical (unpaired) electrons. The van der Waals surface area contributed by atoms with Gasteiger partial charge in [0.2, 0.25) is 11.6 Å². The molecule has 8 aliphatic heterocycles. The highest BCUT2D eigenvalue weighted by molar-refractivity contribution is 5.14. The Kier molecular flexibility index (Phi) is 9.67. The normalized spacial score (nSPS) is 52.8. The van der Waals surface area contributed by atoms with E-state index in [0.29, 0.717) is 51.4 Å². The Morgan fingerprint density at radius 1 is 0.556 bits per heavy atom. The second-order valence-electron chi connectivity index (χ2n) is 18.0. The van der Waals surface area contributed by atoms with Crippen LogP contribution in [0.15, 0.2) is 0 Å². The Balaban J connectivity index is 0.958. The molecule has 0 N–H and O–H groups in total. The number of alkyl halides is 6. The summed E-state index contributed by atoms with van der Waals surface area (Å²) in [7, 11) is 1.58. The van der Waals surface area contributed by atoms with Gasteiger partial charge >= 0.3 is 12.4 Å². The van der Waals surface area contributed by atoms with E-state index in [9.17, 15) is 0 Å². The topological polar surface area (TPSA) is 95.5 Å². The van der Waals surface area contributed by atoms with Crippen LogP contribution in [0.3, 0.4) is 0 Å². The predicted octanol–water partition coefficient (Wildman–Crippen LogP) is 7.23. The Bertz CT molecular complexity index is 1330. The highest BCUT2D eigenvalue weighted by Gasteiger charge is 2.79. The molecule has 310 valence electrons. The lowest BCUT2D eigenvalue weighted by atomic mass is 9.57. The van der Waals surface area contributed by atoms with Gasteiger partial charge in [-0.1, -0.05) is 27.7 Å². The zero-order valence-corrected chi connectivity index (χ0v) is 32.1. The van der Waals surface area contributed by atoms with Crippen LogP contribution < -0.4 is 0 Å². The van der Waals surface area contributed by atoms with E-state index >= 15 is 26.3 Å². The van der Waals surface area contributed by atoms with E-state index < -0.39 is 96.2 Å². The van der Waals surface area contributed by atoms with E-state index in [-0.39, 0.29) is 36.8 Å². The van der Waals surface area contributed by atoms with Crippen molar-refractivity contribution in [2.45, 2.75) is 152 Å². The van der Waals surface area contributed by atoms with Crippen molar-refractivity contribution in [2.75, 3.05) is 33.4 Å². The fourth-order valence-electron chi connectivity index (χ4n) is 11.8. The van der Waals surface area contributed by atoms with Crippen LogP contribution in [0.5, 0.6) is 0 Å². The highest BCUT2D eigenvalue weighted by atomic mass is 19.4. The third-order valence-electron chi connectivity index (χ3n) is 14.9. The van der Waals surface area contributed by atoms with Gasteiger partial charge in [0.25, 0.3) is 11.6 Å². The van der Waals surface area contributed by atoms with Crippen molar-refractivity contribution in [3.63, 3.8) is 0 Å². The van der Waals surface area contributed by atoms with Gasteiger partial charge in [-0.25, -0.2) is 19.6 Å². The molecule has 8 heterocycles. The van der Waals surface area contributed by atoms with Crippen LogP contribution in [0.25, 0.3) is 0 Å². The van der Waals surface area contributed by atoms with Gasteiger partial charge in [0.05, 0.1) is 13.2 Å². The third kappa shape index (κ3) is 5.63. The summed E-state index contributed by atoms with van der Waals surface area (Å²) < 4.78 is 127. The number of likely N-dealkylation sites (N-methyl/N-ethyl adjacent to an activating group) is 1. The van der Waals surface area contributed by atoms with Crippen molar-refractivity contribution in [3.8, 4) is 0 Å². The molecule has 2 aliphatic carbocycles. The van der Waals surface area contributed by atoms with Gasteiger partial charge in [-0.2, -0.15) is 26.3 Å². The summed E-state index contributed by atoms with van der Waals surface area (Å²) >= 11 is 0. The molecular weight excluding hydrogens is 732 g/mol. The Labute approximate surface area is 312 Å². The minimum absolute atomic E-state index is 0.0639. The van der Waals surface area contributed by atoms with Gasteiger partial charge in [0, 0.05) is 49.6 Å². The molecule has 10 rings (SSSR count). The molecule has 0 aromatic heterocycles. The molecule has 0 amide bonds. The average molecular weight is 788 g/mol. The summed E-state index contributed by atoms with van der Waals surface area (Å²) in [5, 5.41) is 0. The molecule has 11 nitrogen and oxygen atoms in total. The van der Waals surface area contributed by atoms with Crippen molar-refractivity contribution in [1.82, 2.24) is 4.90 Å². The molecule has 2 saturated carbocycles. The van der Waals surface area contributed by atoms with Crippen molar-refractivity contribution in [1.29, 1.82) is 0 Å². The van der Waals surface area contributed by atoms with Gasteiger partial charge in [0.15, 0.2) is 23.8 Å². The molecule has 0 aromatic carbocycles. The summed E-state index contributed by atoms with van der Waals surface area (Å²) in [6.45, 7) is 9.35. The van der Waals surface area contributed by atoms with Crippen LogP contribution >= 0.6 is 0 Å². The van der Waals surface area contributed by atoms with Crippen LogP contribution in [0.4, 0.5) is 26.3 Å². The van der Waals surface area contributed by atoms with Crippen molar-refractivity contribution in [3.05, 3.63) is 0 Å². The lowest BCUT2D eigenvalue weighted by Gasteiger charge is -2.63.